The van der Waals surface area contributed by atoms with E-state index in [1.54, 1.807) is 0 Å². The molecular weight excluding hydrogens is 753 g/mol. The summed E-state index contributed by atoms with van der Waals surface area (Å²) >= 11 is 0. The Labute approximate surface area is 359 Å². The number of fused-ring (bicyclic) bond motifs is 14. The molecule has 0 aliphatic heterocycles. The van der Waals surface area contributed by atoms with Gasteiger partial charge in [-0.1, -0.05) is 188 Å². The van der Waals surface area contributed by atoms with Crippen molar-refractivity contribution in [3.63, 3.8) is 0 Å². The van der Waals surface area contributed by atoms with Crippen molar-refractivity contribution in [2.24, 2.45) is 0 Å². The molecule has 0 bridgehead atoms. The third-order valence-corrected chi connectivity index (χ3v) is 13.1. The Kier molecular flexibility index (Phi) is 7.49. The molecule has 0 atom stereocenters. The van der Waals surface area contributed by atoms with Crippen LogP contribution in [0.25, 0.3) is 95.0 Å². The van der Waals surface area contributed by atoms with E-state index < -0.39 is 5.41 Å². The Bertz CT molecular complexity index is 3470. The third kappa shape index (κ3) is 4.92. The van der Waals surface area contributed by atoms with Gasteiger partial charge in [-0.2, -0.15) is 0 Å². The van der Waals surface area contributed by atoms with Gasteiger partial charge in [-0.25, -0.2) is 15.0 Å². The van der Waals surface area contributed by atoms with Crippen molar-refractivity contribution in [2.45, 2.75) is 5.41 Å². The topological polar surface area (TPSA) is 43.6 Å². The number of rotatable bonds is 5. The molecule has 0 unspecified atom stereocenters. The van der Waals surface area contributed by atoms with Crippen molar-refractivity contribution in [3.8, 4) is 73.2 Å². The van der Waals surface area contributed by atoms with Crippen molar-refractivity contribution in [2.75, 3.05) is 0 Å². The van der Waals surface area contributed by atoms with Gasteiger partial charge in [-0.05, 0) is 80.4 Å². The summed E-state index contributed by atoms with van der Waals surface area (Å²) in [5.74, 6) is 1.94. The van der Waals surface area contributed by atoms with E-state index in [0.29, 0.717) is 17.5 Å². The van der Waals surface area contributed by atoms with Crippen molar-refractivity contribution in [1.82, 2.24) is 19.5 Å². The quantitative estimate of drug-likeness (QED) is 0.174. The smallest absolute Gasteiger partial charge is 0.164 e. The van der Waals surface area contributed by atoms with Crippen LogP contribution in [0.2, 0.25) is 0 Å². The summed E-state index contributed by atoms with van der Waals surface area (Å²) in [5.41, 5.74) is 18.7. The highest BCUT2D eigenvalue weighted by Gasteiger charge is 2.52. The van der Waals surface area contributed by atoms with Crippen LogP contribution in [-0.4, -0.2) is 19.5 Å². The number of para-hydroxylation sites is 1. The Morgan fingerprint density at radius 2 is 0.806 bits per heavy atom. The summed E-state index contributed by atoms with van der Waals surface area (Å²) in [6, 6.07) is 78.6. The first-order chi connectivity index (χ1) is 30.8. The van der Waals surface area contributed by atoms with Gasteiger partial charge in [0.2, 0.25) is 0 Å². The maximum atomic E-state index is 5.05. The van der Waals surface area contributed by atoms with Crippen molar-refractivity contribution in [1.29, 1.82) is 0 Å². The predicted octanol–water partition coefficient (Wildman–Crippen LogP) is 14.0. The summed E-state index contributed by atoms with van der Waals surface area (Å²) in [7, 11) is 0. The third-order valence-electron chi connectivity index (χ3n) is 13.1. The van der Waals surface area contributed by atoms with Gasteiger partial charge in [-0.3, -0.25) is 0 Å². The van der Waals surface area contributed by atoms with Gasteiger partial charge < -0.3 is 4.57 Å². The molecule has 2 heterocycles. The fourth-order valence-electron chi connectivity index (χ4n) is 10.5. The van der Waals surface area contributed by atoms with E-state index >= 15 is 0 Å². The number of benzene rings is 9. The second-order valence-corrected chi connectivity index (χ2v) is 16.3. The molecule has 4 nitrogen and oxygen atoms in total. The van der Waals surface area contributed by atoms with E-state index in [4.69, 9.17) is 15.0 Å². The van der Waals surface area contributed by atoms with Crippen LogP contribution in [0.4, 0.5) is 0 Å². The molecule has 0 saturated carbocycles. The standard InChI is InChI=1S/C58H36N4/c1-4-17-37(18-5-1)55-59-56(38-19-6-2-7-20-38)61-57(60-55)41-22-16-21-39(35-41)40-31-34-52-47(36-40)45-32-33-51-53(54(45)62(52)42-23-8-3-9-24-42)46-27-12-15-30-50(46)58(51)48-28-13-10-25-43(48)44-26-11-14-29-49(44)58/h1-36H. The van der Waals surface area contributed by atoms with Gasteiger partial charge in [0.25, 0.3) is 0 Å². The van der Waals surface area contributed by atoms with Crippen LogP contribution in [0, 0.1) is 0 Å². The number of nitrogens with zero attached hydrogens (tertiary/aromatic N) is 4. The zero-order valence-corrected chi connectivity index (χ0v) is 33.6. The summed E-state index contributed by atoms with van der Waals surface area (Å²) in [6.07, 6.45) is 0. The first-order valence-corrected chi connectivity index (χ1v) is 21.2. The predicted molar refractivity (Wildman–Crippen MR) is 252 cm³/mol. The fraction of sp³-hybridized carbons (Fsp3) is 0.0172. The van der Waals surface area contributed by atoms with Crippen LogP contribution in [0.15, 0.2) is 218 Å². The summed E-state index contributed by atoms with van der Waals surface area (Å²) < 4.78 is 2.49. The molecule has 0 N–H and O–H groups in total. The molecule has 0 amide bonds. The Morgan fingerprint density at radius 1 is 0.323 bits per heavy atom. The zero-order valence-electron chi connectivity index (χ0n) is 33.6. The summed E-state index contributed by atoms with van der Waals surface area (Å²) in [5, 5.41) is 2.43. The second-order valence-electron chi connectivity index (χ2n) is 16.3. The lowest BCUT2D eigenvalue weighted by Crippen LogP contribution is -2.25. The average molecular weight is 789 g/mol. The Balaban J connectivity index is 1.03. The fourth-order valence-corrected chi connectivity index (χ4v) is 10.5. The van der Waals surface area contributed by atoms with Gasteiger partial charge in [0, 0.05) is 38.7 Å². The van der Waals surface area contributed by atoms with Gasteiger partial charge in [0.15, 0.2) is 17.5 Å². The van der Waals surface area contributed by atoms with Crippen LogP contribution in [0.5, 0.6) is 0 Å². The van der Waals surface area contributed by atoms with Gasteiger partial charge >= 0.3 is 0 Å². The molecule has 1 spiro atoms. The van der Waals surface area contributed by atoms with Crippen LogP contribution in [0.1, 0.15) is 22.3 Å². The van der Waals surface area contributed by atoms with E-state index in [9.17, 15) is 0 Å². The molecular formula is C58H36N4. The monoisotopic (exact) mass is 788 g/mol. The first-order valence-electron chi connectivity index (χ1n) is 21.2. The van der Waals surface area contributed by atoms with E-state index in [0.717, 1.165) is 33.5 Å². The molecule has 13 rings (SSSR count). The average Bonchev–Trinajstić information content (AvgIpc) is 3.96. The first kappa shape index (κ1) is 34.6. The minimum Gasteiger partial charge on any atom is -0.309 e. The molecule has 288 valence electrons. The van der Waals surface area contributed by atoms with Gasteiger partial charge in [0.05, 0.1) is 16.4 Å². The minimum absolute atomic E-state index is 0.424. The molecule has 0 saturated heterocycles. The van der Waals surface area contributed by atoms with E-state index in [2.05, 4.69) is 162 Å². The number of hydrogen-bond acceptors (Lipinski definition) is 3. The molecule has 2 aromatic heterocycles. The van der Waals surface area contributed by atoms with Crippen molar-refractivity contribution < 1.29 is 0 Å². The number of hydrogen-bond donors (Lipinski definition) is 0. The SMILES string of the molecule is c1ccc(-c2nc(-c3ccccc3)nc(-c3cccc(-c4ccc5c(c4)c4ccc6c(c4n5-c4ccccc4)-c4ccccc4C64c5ccccc5-c5ccccc54)c3)n2)cc1. The van der Waals surface area contributed by atoms with Gasteiger partial charge in [0.1, 0.15) is 0 Å². The molecule has 0 fully saturated rings. The highest BCUT2D eigenvalue weighted by molar-refractivity contribution is 6.17. The van der Waals surface area contributed by atoms with Crippen LogP contribution in [-0.2, 0) is 5.41 Å². The Morgan fingerprint density at radius 3 is 1.44 bits per heavy atom. The lowest BCUT2D eigenvalue weighted by molar-refractivity contribution is 0.794. The lowest BCUT2D eigenvalue weighted by Gasteiger charge is -2.30. The van der Waals surface area contributed by atoms with Crippen LogP contribution in [0.3, 0.4) is 0 Å². The lowest BCUT2D eigenvalue weighted by atomic mass is 9.70. The maximum Gasteiger partial charge on any atom is 0.164 e. The normalized spacial score (nSPS) is 13.0. The highest BCUT2D eigenvalue weighted by atomic mass is 15.0. The second kappa shape index (κ2) is 13.4. The molecule has 2 aliphatic carbocycles. The Hall–Kier alpha value is -8.21. The minimum atomic E-state index is -0.424. The summed E-state index contributed by atoms with van der Waals surface area (Å²) in [4.78, 5) is 15.0. The number of aromatic nitrogens is 4. The summed E-state index contributed by atoms with van der Waals surface area (Å²) in [6.45, 7) is 0. The molecule has 9 aromatic carbocycles. The highest BCUT2D eigenvalue weighted by Crippen LogP contribution is 2.64. The van der Waals surface area contributed by atoms with E-state index in [-0.39, 0.29) is 0 Å². The van der Waals surface area contributed by atoms with Crippen molar-refractivity contribution in [3.05, 3.63) is 241 Å². The van der Waals surface area contributed by atoms with E-state index in [1.165, 1.54) is 66.3 Å². The zero-order chi connectivity index (χ0) is 40.8. The van der Waals surface area contributed by atoms with Crippen LogP contribution >= 0.6 is 0 Å². The largest absolute Gasteiger partial charge is 0.309 e. The molecule has 11 aromatic rings. The van der Waals surface area contributed by atoms with E-state index in [1.807, 2.05) is 60.7 Å². The molecule has 62 heavy (non-hydrogen) atoms. The molecule has 4 heteroatoms. The molecule has 2 aliphatic rings. The van der Waals surface area contributed by atoms with Crippen LogP contribution < -0.4 is 0 Å². The molecule has 0 radical (unpaired) electrons. The maximum absolute atomic E-state index is 5.05. The van der Waals surface area contributed by atoms with Crippen molar-refractivity contribution >= 4 is 21.8 Å². The van der Waals surface area contributed by atoms with Gasteiger partial charge in [-0.15, -0.1) is 0 Å².